The first-order valence-electron chi connectivity index (χ1n) is 21.6. The Morgan fingerprint density at radius 3 is 1.32 bits per heavy atom. The summed E-state index contributed by atoms with van der Waals surface area (Å²) in [6.45, 7) is 0. The summed E-state index contributed by atoms with van der Waals surface area (Å²) in [5.74, 6) is -11.8. The summed E-state index contributed by atoms with van der Waals surface area (Å²) in [4.78, 5) is 12.7. The van der Waals surface area contributed by atoms with E-state index < -0.39 is 50.0 Å². The van der Waals surface area contributed by atoms with Gasteiger partial charge in [0.1, 0.15) is 0 Å². The highest BCUT2D eigenvalue weighted by atomic mass is 32.2. The first kappa shape index (κ1) is 35.9. The normalized spacial score (nSPS) is 49.5. The van der Waals surface area contributed by atoms with Gasteiger partial charge in [0.2, 0.25) is 17.4 Å². The highest BCUT2D eigenvalue weighted by Gasteiger charge is 2.69. The minimum atomic E-state index is -5.74. The molecule has 1 N–H and O–H groups in total. The van der Waals surface area contributed by atoms with Gasteiger partial charge in [0.05, 0.1) is 78.8 Å². The summed E-state index contributed by atoms with van der Waals surface area (Å²) >= 11 is 0. The molecular formula is C43H42F4O11S. The van der Waals surface area contributed by atoms with Crippen LogP contribution >= 0.6 is 0 Å². The molecule has 12 aliphatic heterocycles. The van der Waals surface area contributed by atoms with E-state index in [4.69, 9.17) is 33.2 Å². The number of benzene rings is 2. The summed E-state index contributed by atoms with van der Waals surface area (Å²) in [5.41, 5.74) is 2.19. The maximum absolute atomic E-state index is 15.6. The van der Waals surface area contributed by atoms with Gasteiger partial charge in [-0.1, -0.05) is 12.1 Å². The number of hydrogen-bond donors (Lipinski definition) is 1. The third-order valence-corrected chi connectivity index (χ3v) is 18.4. The second-order valence-corrected chi connectivity index (χ2v) is 21.0. The van der Waals surface area contributed by atoms with Crippen LogP contribution in [0.5, 0.6) is 5.75 Å². The van der Waals surface area contributed by atoms with E-state index in [1.165, 1.54) is 0 Å². The van der Waals surface area contributed by atoms with Crippen LogP contribution < -0.4 is 4.74 Å². The summed E-state index contributed by atoms with van der Waals surface area (Å²) in [6.07, 6.45) is 7.38. The van der Waals surface area contributed by atoms with Gasteiger partial charge in [0, 0.05) is 53.3 Å². The fourth-order valence-electron chi connectivity index (χ4n) is 15.8. The first-order valence-corrected chi connectivity index (χ1v) is 23.0. The Kier molecular flexibility index (Phi) is 7.20. The molecule has 0 aromatic heterocycles. The molecule has 314 valence electrons. The zero-order valence-corrected chi connectivity index (χ0v) is 32.4. The van der Waals surface area contributed by atoms with Crippen LogP contribution in [0.15, 0.2) is 17.0 Å². The number of fused-ring (bicyclic) bond motifs is 27. The Hall–Kier alpha value is -2.70. The molecule has 14 rings (SSSR count). The van der Waals surface area contributed by atoms with Gasteiger partial charge in [-0.25, -0.2) is 13.6 Å². The highest BCUT2D eigenvalue weighted by molar-refractivity contribution is 7.85. The van der Waals surface area contributed by atoms with Crippen molar-refractivity contribution >= 4 is 16.1 Å². The Balaban J connectivity index is 0.932. The van der Waals surface area contributed by atoms with Gasteiger partial charge in [-0.05, 0) is 74.5 Å². The molecule has 12 saturated heterocycles. The lowest BCUT2D eigenvalue weighted by atomic mass is 9.62. The maximum atomic E-state index is 15.6. The molecule has 0 spiro atoms. The van der Waals surface area contributed by atoms with E-state index in [2.05, 4.69) is 0 Å². The zero-order valence-electron chi connectivity index (χ0n) is 31.6. The first-order chi connectivity index (χ1) is 28.4. The second kappa shape index (κ2) is 11.9. The molecule has 12 heterocycles. The molecule has 0 aliphatic carbocycles. The average Bonchev–Trinajstić information content (AvgIpc) is 4.08. The smallest absolute Gasteiger partial charge is 0.344 e. The number of rotatable bonds is 6. The van der Waals surface area contributed by atoms with Gasteiger partial charge >= 0.3 is 16.1 Å². The number of hydrogen-bond acceptors (Lipinski definition) is 10. The minimum absolute atomic E-state index is 0.0127. The molecule has 12 bridgehead atoms. The van der Waals surface area contributed by atoms with Gasteiger partial charge in [0.15, 0.2) is 16.5 Å². The number of esters is 1. The van der Waals surface area contributed by atoms with E-state index in [0.29, 0.717) is 29.9 Å². The van der Waals surface area contributed by atoms with Crippen molar-refractivity contribution in [3.63, 3.8) is 0 Å². The maximum Gasteiger partial charge on any atom is 0.344 e. The summed E-state index contributed by atoms with van der Waals surface area (Å²) in [7, 11) is -5.74. The second-order valence-electron chi connectivity index (χ2n) is 19.6. The predicted octanol–water partition coefficient (Wildman–Crippen LogP) is 5.85. The molecule has 12 fully saturated rings. The number of carbonyl (C=O) groups excluding carboxylic acids is 1. The lowest BCUT2D eigenvalue weighted by Crippen LogP contribution is -2.41. The van der Waals surface area contributed by atoms with E-state index >= 15 is 17.6 Å². The highest BCUT2D eigenvalue weighted by Crippen LogP contribution is 2.65. The summed E-state index contributed by atoms with van der Waals surface area (Å²) in [6, 6.07) is 4.03. The molecule has 0 radical (unpaired) electrons. The average molecular weight is 843 g/mol. The molecule has 16 heteroatoms. The molecular weight excluding hydrogens is 801 g/mol. The van der Waals surface area contributed by atoms with Crippen molar-refractivity contribution in [1.29, 1.82) is 0 Å². The van der Waals surface area contributed by atoms with Crippen molar-refractivity contribution in [3.8, 4) is 5.75 Å². The van der Waals surface area contributed by atoms with Crippen molar-refractivity contribution in [2.24, 2.45) is 35.5 Å². The number of halogens is 4. The van der Waals surface area contributed by atoms with Crippen LogP contribution in [0.4, 0.5) is 17.6 Å². The SMILES string of the molecule is O=C(Oc1c(F)c(F)c(S(=O)(=O)O)c(F)c1F)c1c(C2CC3OC2C2C4CCC(O4)C32)cc(C2CC3OC2C2C4CCC(O4)C32)cc1C1CC2OC1C1C3CCC(O3)C21. The van der Waals surface area contributed by atoms with Crippen LogP contribution in [0.2, 0.25) is 0 Å². The van der Waals surface area contributed by atoms with E-state index in [1.807, 2.05) is 12.1 Å². The Morgan fingerprint density at radius 1 is 0.542 bits per heavy atom. The van der Waals surface area contributed by atoms with E-state index in [0.717, 1.165) is 50.5 Å². The predicted molar refractivity (Wildman–Crippen MR) is 190 cm³/mol. The Labute approximate surface area is 336 Å². The molecule has 0 amide bonds. The lowest BCUT2D eigenvalue weighted by Gasteiger charge is -2.38. The van der Waals surface area contributed by atoms with E-state index in [1.54, 1.807) is 0 Å². The van der Waals surface area contributed by atoms with Crippen LogP contribution in [0, 0.1) is 58.8 Å². The standard InChI is InChI=1S/C43H42F4O11S/c44-34-36(46)42(59(49,50)51)37(47)35(45)41(34)58-43(48)27-14(16-10-25-29-19-2-5-22(53-19)32(29)39(16)56-25)7-12(13-9-24-28-18-1-4-21(52-18)31(28)38(13)55-24)8-15(27)17-11-26-30-20-3-6-23(54-20)33(30)40(17)57-26/h7-8,13,16-26,28-33,38-40H,1-6,9-11H2,(H,49,50,51). The van der Waals surface area contributed by atoms with Crippen LogP contribution in [0.25, 0.3) is 0 Å². The largest absolute Gasteiger partial charge is 0.416 e. The fraction of sp³-hybridized carbons (Fsp3) is 0.698. The van der Waals surface area contributed by atoms with E-state index in [-0.39, 0.29) is 126 Å². The van der Waals surface area contributed by atoms with Crippen LogP contribution in [0.3, 0.4) is 0 Å². The van der Waals surface area contributed by atoms with Gasteiger partial charge in [-0.3, -0.25) is 4.55 Å². The van der Waals surface area contributed by atoms with Crippen molar-refractivity contribution in [2.75, 3.05) is 0 Å². The molecule has 0 saturated carbocycles. The van der Waals surface area contributed by atoms with Crippen LogP contribution in [0.1, 0.15) is 103 Å². The van der Waals surface area contributed by atoms with Crippen molar-refractivity contribution in [1.82, 2.24) is 0 Å². The lowest BCUT2D eigenvalue weighted by molar-refractivity contribution is 0.00552. The summed E-state index contributed by atoms with van der Waals surface area (Å²) in [5, 5.41) is 0. The van der Waals surface area contributed by atoms with Gasteiger partial charge in [0.25, 0.3) is 0 Å². The molecule has 59 heavy (non-hydrogen) atoms. The van der Waals surface area contributed by atoms with Crippen LogP contribution in [-0.2, 0) is 38.5 Å². The minimum Gasteiger partial charge on any atom is -0.416 e. The molecule has 12 aliphatic rings. The Morgan fingerprint density at radius 2 is 0.915 bits per heavy atom. The van der Waals surface area contributed by atoms with E-state index in [9.17, 15) is 17.8 Å². The molecule has 21 unspecified atom stereocenters. The van der Waals surface area contributed by atoms with Gasteiger partial charge in [-0.2, -0.15) is 17.2 Å². The Bertz CT molecular complexity index is 2260. The molecule has 21 atom stereocenters. The molecule has 2 aromatic carbocycles. The molecule has 11 nitrogen and oxygen atoms in total. The van der Waals surface area contributed by atoms with Crippen molar-refractivity contribution in [3.05, 3.63) is 57.7 Å². The van der Waals surface area contributed by atoms with Crippen molar-refractivity contribution < 1.29 is 68.5 Å². The number of ether oxygens (including phenoxy) is 7. The zero-order chi connectivity index (χ0) is 39.7. The van der Waals surface area contributed by atoms with Gasteiger partial charge < -0.3 is 33.2 Å². The summed E-state index contributed by atoms with van der Waals surface area (Å²) < 4.78 is 139. The van der Waals surface area contributed by atoms with Crippen molar-refractivity contribution in [2.45, 2.75) is 154 Å². The monoisotopic (exact) mass is 842 g/mol. The van der Waals surface area contributed by atoms with Crippen LogP contribution in [-0.4, -0.2) is 92.2 Å². The quantitative estimate of drug-likeness (QED) is 0.123. The fourth-order valence-corrected chi connectivity index (χ4v) is 16.4. The molecule has 2 aromatic rings. The number of carbonyl (C=O) groups is 1. The third kappa shape index (κ3) is 4.53. The van der Waals surface area contributed by atoms with Gasteiger partial charge in [-0.15, -0.1) is 0 Å². The topological polar surface area (TPSA) is 136 Å². The third-order valence-electron chi connectivity index (χ3n) is 17.5.